The molecule has 2 aliphatic rings. The van der Waals surface area contributed by atoms with E-state index in [1.54, 1.807) is 6.20 Å². The van der Waals surface area contributed by atoms with Gasteiger partial charge in [-0.15, -0.1) is 0 Å². The first-order valence-electron chi connectivity index (χ1n) is 11.1. The van der Waals surface area contributed by atoms with E-state index in [1.165, 1.54) is 18.4 Å². The molecule has 1 aliphatic carbocycles. The molecule has 0 N–H and O–H groups in total. The van der Waals surface area contributed by atoms with Gasteiger partial charge in [-0.1, -0.05) is 30.3 Å². The van der Waals surface area contributed by atoms with Crippen molar-refractivity contribution in [2.24, 2.45) is 5.92 Å². The highest BCUT2D eigenvalue weighted by atomic mass is 16.2. The number of aryl methyl sites for hydroxylation is 1. The zero-order valence-corrected chi connectivity index (χ0v) is 17.2. The number of hydrogen-bond acceptors (Lipinski definition) is 3. The van der Waals surface area contributed by atoms with E-state index in [4.69, 9.17) is 0 Å². The first-order chi connectivity index (χ1) is 14.7. The summed E-state index contributed by atoms with van der Waals surface area (Å²) in [6.45, 7) is 2.09. The van der Waals surface area contributed by atoms with Crippen LogP contribution in [0.25, 0.3) is 11.2 Å². The number of amides is 1. The molecule has 1 aliphatic heterocycles. The SMILES string of the molecule is O=C(CCCc1ccccc1)N1CC[C@@H](n2c(=O)n(CC3CC3)c3cccnc32)C1. The smallest absolute Gasteiger partial charge is 0.330 e. The van der Waals surface area contributed by atoms with Crippen LogP contribution in [0.3, 0.4) is 0 Å². The molecule has 5 rings (SSSR count). The molecule has 2 aromatic heterocycles. The van der Waals surface area contributed by atoms with Crippen LogP contribution >= 0.6 is 0 Å². The van der Waals surface area contributed by atoms with Crippen LogP contribution in [0.1, 0.15) is 43.7 Å². The molecular weight excluding hydrogens is 376 g/mol. The summed E-state index contributed by atoms with van der Waals surface area (Å²) >= 11 is 0. The highest BCUT2D eigenvalue weighted by molar-refractivity contribution is 5.76. The molecule has 2 fully saturated rings. The van der Waals surface area contributed by atoms with E-state index in [0.29, 0.717) is 25.4 Å². The standard InChI is InChI=1S/C24H28N4O2/c29-22(10-4-8-18-6-2-1-3-7-18)26-15-13-20(17-26)28-23-21(9-5-14-25-23)27(24(28)30)16-19-11-12-19/h1-3,5-7,9,14,19-20H,4,8,10-13,15-17H2/t20-/m1/s1. The Hall–Kier alpha value is -2.89. The van der Waals surface area contributed by atoms with Gasteiger partial charge in [0.1, 0.15) is 0 Å². The Morgan fingerprint density at radius 2 is 1.90 bits per heavy atom. The number of carbonyl (C=O) groups is 1. The van der Waals surface area contributed by atoms with Crippen molar-refractivity contribution in [2.75, 3.05) is 13.1 Å². The van der Waals surface area contributed by atoms with Gasteiger partial charge in [0.25, 0.3) is 0 Å². The predicted molar refractivity (Wildman–Crippen MR) is 116 cm³/mol. The van der Waals surface area contributed by atoms with Gasteiger partial charge in [-0.05, 0) is 55.7 Å². The first kappa shape index (κ1) is 19.1. The second-order valence-corrected chi connectivity index (χ2v) is 8.67. The van der Waals surface area contributed by atoms with Gasteiger partial charge in [-0.25, -0.2) is 9.78 Å². The van der Waals surface area contributed by atoms with Crippen molar-refractivity contribution in [2.45, 2.75) is 51.1 Å². The number of pyridine rings is 1. The summed E-state index contributed by atoms with van der Waals surface area (Å²) in [5, 5.41) is 0. The van der Waals surface area contributed by atoms with Crippen LogP contribution in [0, 0.1) is 5.92 Å². The molecule has 156 valence electrons. The largest absolute Gasteiger partial charge is 0.341 e. The number of carbonyl (C=O) groups excluding carboxylic acids is 1. The lowest BCUT2D eigenvalue weighted by Crippen LogP contribution is -2.32. The van der Waals surface area contributed by atoms with E-state index in [0.717, 1.165) is 37.0 Å². The maximum atomic E-state index is 13.2. The Bertz CT molecular complexity index is 1100. The Labute approximate surface area is 176 Å². The Balaban J connectivity index is 1.27. The molecular formula is C24H28N4O2. The van der Waals surface area contributed by atoms with Gasteiger partial charge in [0.05, 0.1) is 11.6 Å². The number of rotatable bonds is 7. The van der Waals surface area contributed by atoms with Crippen molar-refractivity contribution in [1.29, 1.82) is 0 Å². The van der Waals surface area contributed by atoms with Crippen molar-refractivity contribution >= 4 is 17.1 Å². The lowest BCUT2D eigenvalue weighted by molar-refractivity contribution is -0.130. The maximum Gasteiger partial charge on any atom is 0.330 e. The Kier molecular flexibility index (Phi) is 5.15. The quantitative estimate of drug-likeness (QED) is 0.606. The van der Waals surface area contributed by atoms with Crippen LogP contribution < -0.4 is 5.69 Å². The third-order valence-electron chi connectivity index (χ3n) is 6.44. The summed E-state index contributed by atoms with van der Waals surface area (Å²) < 4.78 is 3.74. The molecule has 3 heterocycles. The van der Waals surface area contributed by atoms with Crippen molar-refractivity contribution in [3.8, 4) is 0 Å². The van der Waals surface area contributed by atoms with Crippen LogP contribution in [0.4, 0.5) is 0 Å². The van der Waals surface area contributed by atoms with E-state index in [1.807, 2.05) is 44.4 Å². The number of aromatic nitrogens is 3. The minimum absolute atomic E-state index is 0.00780. The average molecular weight is 405 g/mol. The van der Waals surface area contributed by atoms with Crippen LogP contribution in [0.5, 0.6) is 0 Å². The Morgan fingerprint density at radius 1 is 1.07 bits per heavy atom. The van der Waals surface area contributed by atoms with E-state index >= 15 is 0 Å². The van der Waals surface area contributed by atoms with E-state index < -0.39 is 0 Å². The minimum Gasteiger partial charge on any atom is -0.341 e. The summed E-state index contributed by atoms with van der Waals surface area (Å²) in [7, 11) is 0. The van der Waals surface area contributed by atoms with Crippen LogP contribution in [0.2, 0.25) is 0 Å². The fraction of sp³-hybridized carbons (Fsp3) is 0.458. The number of nitrogens with zero attached hydrogens (tertiary/aromatic N) is 4. The van der Waals surface area contributed by atoms with Gasteiger partial charge >= 0.3 is 5.69 Å². The molecule has 0 unspecified atom stereocenters. The fourth-order valence-electron chi connectivity index (χ4n) is 4.60. The summed E-state index contributed by atoms with van der Waals surface area (Å²) in [6.07, 6.45) is 7.29. The van der Waals surface area contributed by atoms with Gasteiger partial charge in [0.15, 0.2) is 5.65 Å². The van der Waals surface area contributed by atoms with E-state index in [-0.39, 0.29) is 17.6 Å². The predicted octanol–water partition coefficient (Wildman–Crippen LogP) is 3.40. The molecule has 1 aromatic carbocycles. The van der Waals surface area contributed by atoms with Gasteiger partial charge in [-0.3, -0.25) is 13.9 Å². The van der Waals surface area contributed by atoms with Crippen molar-refractivity contribution in [3.05, 3.63) is 64.7 Å². The molecule has 6 nitrogen and oxygen atoms in total. The number of likely N-dealkylation sites (tertiary alicyclic amines) is 1. The summed E-state index contributed by atoms with van der Waals surface area (Å²) in [5.41, 5.74) is 2.97. The van der Waals surface area contributed by atoms with Crippen LogP contribution in [-0.4, -0.2) is 38.0 Å². The van der Waals surface area contributed by atoms with Gasteiger partial charge in [0, 0.05) is 32.3 Å². The molecule has 1 atom stereocenters. The molecule has 6 heteroatoms. The van der Waals surface area contributed by atoms with Gasteiger partial charge in [-0.2, -0.15) is 0 Å². The number of hydrogen-bond donors (Lipinski definition) is 0. The zero-order valence-electron chi connectivity index (χ0n) is 17.2. The second kappa shape index (κ2) is 8.09. The summed E-state index contributed by atoms with van der Waals surface area (Å²) in [4.78, 5) is 32.4. The average Bonchev–Trinajstić information content (AvgIpc) is 3.39. The highest BCUT2D eigenvalue weighted by Gasteiger charge is 2.32. The molecule has 0 spiro atoms. The Morgan fingerprint density at radius 3 is 2.70 bits per heavy atom. The molecule has 30 heavy (non-hydrogen) atoms. The topological polar surface area (TPSA) is 60.1 Å². The normalized spacial score (nSPS) is 18.9. The fourth-order valence-corrected chi connectivity index (χ4v) is 4.60. The zero-order chi connectivity index (χ0) is 20.5. The number of benzene rings is 1. The third kappa shape index (κ3) is 3.78. The molecule has 0 radical (unpaired) electrons. The van der Waals surface area contributed by atoms with Crippen LogP contribution in [0.15, 0.2) is 53.5 Å². The summed E-state index contributed by atoms with van der Waals surface area (Å²) in [6, 6.07) is 14.2. The number of imidazole rings is 1. The first-order valence-corrected chi connectivity index (χ1v) is 11.1. The molecule has 3 aromatic rings. The highest BCUT2D eigenvalue weighted by Crippen LogP contribution is 2.32. The van der Waals surface area contributed by atoms with Crippen molar-refractivity contribution in [1.82, 2.24) is 19.0 Å². The monoisotopic (exact) mass is 404 g/mol. The lowest BCUT2D eigenvalue weighted by Gasteiger charge is -2.17. The molecule has 0 bridgehead atoms. The van der Waals surface area contributed by atoms with E-state index in [2.05, 4.69) is 17.1 Å². The lowest BCUT2D eigenvalue weighted by atomic mass is 10.1. The van der Waals surface area contributed by atoms with Crippen LogP contribution in [-0.2, 0) is 17.8 Å². The maximum absolute atomic E-state index is 13.2. The van der Waals surface area contributed by atoms with Gasteiger partial charge in [0.2, 0.25) is 5.91 Å². The van der Waals surface area contributed by atoms with Crippen molar-refractivity contribution < 1.29 is 4.79 Å². The summed E-state index contributed by atoms with van der Waals surface area (Å²) in [5.74, 6) is 0.810. The second-order valence-electron chi connectivity index (χ2n) is 8.67. The van der Waals surface area contributed by atoms with Gasteiger partial charge < -0.3 is 4.90 Å². The molecule has 1 saturated heterocycles. The number of fused-ring (bicyclic) bond motifs is 1. The van der Waals surface area contributed by atoms with Crippen molar-refractivity contribution in [3.63, 3.8) is 0 Å². The molecule has 1 saturated carbocycles. The minimum atomic E-state index is 0.00780. The molecule has 1 amide bonds. The van der Waals surface area contributed by atoms with E-state index in [9.17, 15) is 9.59 Å². The third-order valence-corrected chi connectivity index (χ3v) is 6.44.